The number of hydrogen-bond acceptors (Lipinski definition) is 7. The lowest BCUT2D eigenvalue weighted by atomic mass is 10.0. The Labute approximate surface area is 196 Å². The molecule has 2 aromatic rings. The maximum atomic E-state index is 12.9. The third-order valence-electron chi connectivity index (χ3n) is 5.24. The van der Waals surface area contributed by atoms with Gasteiger partial charge in [-0.25, -0.2) is 4.98 Å². The third-order valence-corrected chi connectivity index (χ3v) is 6.03. The van der Waals surface area contributed by atoms with Crippen molar-refractivity contribution in [3.63, 3.8) is 0 Å². The number of aliphatic imine (C=N–C) groups is 1. The third kappa shape index (κ3) is 7.36. The van der Waals surface area contributed by atoms with Gasteiger partial charge in [0.25, 0.3) is 0 Å². The average Bonchev–Trinajstić information content (AvgIpc) is 3.33. The number of nitrogens with two attached hydrogens (primary N) is 2. The monoisotopic (exact) mass is 471 g/mol. The van der Waals surface area contributed by atoms with Gasteiger partial charge in [0.15, 0.2) is 11.0 Å². The lowest BCUT2D eigenvalue weighted by molar-refractivity contribution is -0.139. The van der Waals surface area contributed by atoms with Crippen molar-refractivity contribution in [1.29, 1.82) is 0 Å². The minimum absolute atomic E-state index is 0.0240. The maximum absolute atomic E-state index is 12.9. The largest absolute Gasteiger partial charge is 0.370 e. The molecule has 0 aliphatic carbocycles. The number of carbonyl (C=O) groups is 3. The molecule has 1 fully saturated rings. The fraction of sp³-hybridized carbons (Fsp3) is 0.409. The number of guanidine groups is 1. The van der Waals surface area contributed by atoms with Gasteiger partial charge in [-0.2, -0.15) is 0 Å². The van der Waals surface area contributed by atoms with Crippen LogP contribution in [0.2, 0.25) is 0 Å². The van der Waals surface area contributed by atoms with Gasteiger partial charge < -0.3 is 27.0 Å². The van der Waals surface area contributed by atoms with E-state index in [9.17, 15) is 14.4 Å². The summed E-state index contributed by atoms with van der Waals surface area (Å²) in [6, 6.07) is 8.57. The summed E-state index contributed by atoms with van der Waals surface area (Å²) in [5.74, 6) is -0.808. The van der Waals surface area contributed by atoms with E-state index in [1.54, 1.807) is 11.6 Å². The second-order valence-corrected chi connectivity index (χ2v) is 8.62. The summed E-state index contributed by atoms with van der Waals surface area (Å²) in [7, 11) is 0. The van der Waals surface area contributed by atoms with Crippen LogP contribution in [0.4, 0.5) is 0 Å². The second-order valence-electron chi connectivity index (χ2n) is 7.73. The predicted molar refractivity (Wildman–Crippen MR) is 127 cm³/mol. The van der Waals surface area contributed by atoms with E-state index in [2.05, 4.69) is 20.6 Å². The Balaban J connectivity index is 1.59. The molecule has 6 N–H and O–H groups in total. The number of ketones is 1. The Hall–Kier alpha value is -3.31. The molecule has 0 bridgehead atoms. The summed E-state index contributed by atoms with van der Waals surface area (Å²) in [5.41, 5.74) is 11.7. The highest BCUT2D eigenvalue weighted by molar-refractivity contribution is 7.11. The fourth-order valence-electron chi connectivity index (χ4n) is 3.64. The number of hydrogen-bond donors (Lipinski definition) is 4. The first-order valence-corrected chi connectivity index (χ1v) is 11.7. The smallest absolute Gasteiger partial charge is 0.240 e. The van der Waals surface area contributed by atoms with Crippen LogP contribution >= 0.6 is 11.3 Å². The Bertz CT molecular complexity index is 962. The van der Waals surface area contributed by atoms with Crippen LogP contribution in [0.1, 0.15) is 28.2 Å². The zero-order valence-corrected chi connectivity index (χ0v) is 19.1. The van der Waals surface area contributed by atoms with E-state index < -0.39 is 6.04 Å². The molecule has 0 saturated carbocycles. The van der Waals surface area contributed by atoms with Crippen LogP contribution < -0.4 is 22.1 Å². The molecular weight excluding hydrogens is 442 g/mol. The Morgan fingerprint density at radius 3 is 2.79 bits per heavy atom. The lowest BCUT2D eigenvalue weighted by Gasteiger charge is -2.33. The van der Waals surface area contributed by atoms with Crippen LogP contribution in [-0.4, -0.2) is 71.7 Å². The van der Waals surface area contributed by atoms with E-state index >= 15 is 0 Å². The fourth-order valence-corrected chi connectivity index (χ4v) is 4.27. The van der Waals surface area contributed by atoms with Crippen molar-refractivity contribution in [2.24, 2.45) is 16.5 Å². The van der Waals surface area contributed by atoms with Gasteiger partial charge in [-0.1, -0.05) is 30.3 Å². The van der Waals surface area contributed by atoms with Gasteiger partial charge in [0.05, 0.1) is 18.6 Å². The average molecular weight is 472 g/mol. The molecule has 2 amide bonds. The van der Waals surface area contributed by atoms with Gasteiger partial charge in [-0.3, -0.25) is 19.4 Å². The van der Waals surface area contributed by atoms with Crippen molar-refractivity contribution in [2.75, 3.05) is 26.2 Å². The molecule has 2 atom stereocenters. The summed E-state index contributed by atoms with van der Waals surface area (Å²) >= 11 is 1.22. The molecule has 2 heterocycles. The first-order chi connectivity index (χ1) is 15.9. The zero-order valence-electron chi connectivity index (χ0n) is 18.3. The van der Waals surface area contributed by atoms with Gasteiger partial charge in [0, 0.05) is 31.2 Å². The van der Waals surface area contributed by atoms with E-state index in [4.69, 9.17) is 11.5 Å². The van der Waals surface area contributed by atoms with Gasteiger partial charge >= 0.3 is 0 Å². The molecule has 3 rings (SSSR count). The molecule has 0 radical (unpaired) electrons. The van der Waals surface area contributed by atoms with Crippen molar-refractivity contribution in [3.8, 4) is 0 Å². The van der Waals surface area contributed by atoms with E-state index in [-0.39, 0.29) is 36.1 Å². The highest BCUT2D eigenvalue weighted by Crippen LogP contribution is 2.12. The Morgan fingerprint density at radius 1 is 1.30 bits per heavy atom. The number of Topliss-reactive ketones (excluding diaryl/α,β-unsaturated/α-hetero) is 1. The van der Waals surface area contributed by atoms with Crippen molar-refractivity contribution >= 4 is 34.9 Å². The topological polar surface area (TPSA) is 156 Å². The molecule has 176 valence electrons. The van der Waals surface area contributed by atoms with Crippen LogP contribution in [0.3, 0.4) is 0 Å². The zero-order chi connectivity index (χ0) is 23.6. The van der Waals surface area contributed by atoms with Crippen LogP contribution in [0.5, 0.6) is 0 Å². The number of thiazole rings is 1. The van der Waals surface area contributed by atoms with Gasteiger partial charge in [0.1, 0.15) is 0 Å². The van der Waals surface area contributed by atoms with Crippen LogP contribution in [0.15, 0.2) is 46.9 Å². The molecule has 1 aliphatic rings. The van der Waals surface area contributed by atoms with Crippen molar-refractivity contribution in [3.05, 3.63) is 52.5 Å². The standard InChI is InChI=1S/C22H29N7O3S/c23-22(24)27-8-4-7-16(19(31)20-26-10-12-33-20)28-18(30)14-29-11-9-25-17(21(29)32)13-15-5-2-1-3-6-15/h1-3,5-6,10,12,16-17,25H,4,7-9,11,13-14H2,(H,28,30)(H4,23,24,27)/t16?,17-/m1/s1. The van der Waals surface area contributed by atoms with Crippen molar-refractivity contribution < 1.29 is 14.4 Å². The maximum Gasteiger partial charge on any atom is 0.240 e. The molecule has 11 heteroatoms. The normalized spacial score (nSPS) is 16.8. The van der Waals surface area contributed by atoms with E-state index in [1.807, 2.05) is 30.3 Å². The summed E-state index contributed by atoms with van der Waals surface area (Å²) in [6.45, 7) is 1.25. The van der Waals surface area contributed by atoms with E-state index in [0.29, 0.717) is 43.9 Å². The molecule has 1 aliphatic heterocycles. The molecule has 0 spiro atoms. The number of piperazine rings is 1. The summed E-state index contributed by atoms with van der Waals surface area (Å²) < 4.78 is 0. The minimum Gasteiger partial charge on any atom is -0.370 e. The first kappa shape index (κ1) is 24.3. The number of rotatable bonds is 11. The van der Waals surface area contributed by atoms with Crippen molar-refractivity contribution in [2.45, 2.75) is 31.3 Å². The quantitative estimate of drug-likeness (QED) is 0.154. The number of nitrogens with zero attached hydrogens (tertiary/aromatic N) is 3. The number of aromatic nitrogens is 1. The van der Waals surface area contributed by atoms with E-state index in [1.165, 1.54) is 16.2 Å². The number of carbonyl (C=O) groups excluding carboxylic acids is 3. The van der Waals surface area contributed by atoms with Gasteiger partial charge in [-0.05, 0) is 24.8 Å². The molecular formula is C22H29N7O3S. The summed E-state index contributed by atoms with van der Waals surface area (Å²) in [4.78, 5) is 48.0. The Kier molecular flexibility index (Phi) is 8.90. The SMILES string of the molecule is NC(N)=NCCCC(NC(=O)CN1CCN[C@H](Cc2ccccc2)C1=O)C(=O)c1nccs1. The van der Waals surface area contributed by atoms with Gasteiger partial charge in [-0.15, -0.1) is 11.3 Å². The molecule has 1 aromatic carbocycles. The van der Waals surface area contributed by atoms with Crippen molar-refractivity contribution in [1.82, 2.24) is 20.5 Å². The summed E-state index contributed by atoms with van der Waals surface area (Å²) in [6.07, 6.45) is 2.95. The predicted octanol–water partition coefficient (Wildman–Crippen LogP) is -0.0927. The number of benzene rings is 1. The molecule has 1 saturated heterocycles. The molecule has 10 nitrogen and oxygen atoms in total. The first-order valence-electron chi connectivity index (χ1n) is 10.8. The lowest BCUT2D eigenvalue weighted by Crippen LogP contribution is -2.58. The Morgan fingerprint density at radius 2 is 2.09 bits per heavy atom. The molecule has 1 unspecified atom stereocenters. The summed E-state index contributed by atoms with van der Waals surface area (Å²) in [5, 5.41) is 8.03. The minimum atomic E-state index is -0.768. The highest BCUT2D eigenvalue weighted by atomic mass is 32.1. The van der Waals surface area contributed by atoms with Crippen LogP contribution in [-0.2, 0) is 16.0 Å². The highest BCUT2D eigenvalue weighted by Gasteiger charge is 2.31. The second kappa shape index (κ2) is 12.1. The molecule has 1 aromatic heterocycles. The number of nitrogens with one attached hydrogen (secondary N) is 2. The van der Waals surface area contributed by atoms with E-state index in [0.717, 1.165) is 5.56 Å². The van der Waals surface area contributed by atoms with Crippen LogP contribution in [0.25, 0.3) is 0 Å². The number of amides is 2. The molecule has 33 heavy (non-hydrogen) atoms. The van der Waals surface area contributed by atoms with Gasteiger partial charge in [0.2, 0.25) is 17.6 Å². The van der Waals surface area contributed by atoms with Crippen LogP contribution in [0, 0.1) is 0 Å².